The van der Waals surface area contributed by atoms with Gasteiger partial charge in [0.1, 0.15) is 17.4 Å². The minimum absolute atomic E-state index is 0.00141. The third-order valence-corrected chi connectivity index (χ3v) is 6.33. The van der Waals surface area contributed by atoms with Crippen LogP contribution in [0, 0.1) is 12.7 Å². The highest BCUT2D eigenvalue weighted by Crippen LogP contribution is 2.56. The van der Waals surface area contributed by atoms with Crippen LogP contribution in [-0.4, -0.2) is 32.0 Å². The Labute approximate surface area is 186 Å². The van der Waals surface area contributed by atoms with Crippen molar-refractivity contribution >= 4 is 28.2 Å². The van der Waals surface area contributed by atoms with Crippen molar-refractivity contribution in [3.05, 3.63) is 58.3 Å². The van der Waals surface area contributed by atoms with Gasteiger partial charge in [-0.25, -0.2) is 14.4 Å². The molecule has 3 aromatic rings. The average molecular weight is 470 g/mol. The van der Waals surface area contributed by atoms with Gasteiger partial charge in [0, 0.05) is 28.9 Å². The van der Waals surface area contributed by atoms with Crippen molar-refractivity contribution < 1.29 is 27.8 Å². The zero-order chi connectivity index (χ0) is 23.4. The number of nitrogens with zero attached hydrogens (tertiary/aromatic N) is 2. The standard InChI is InChI=1S/C22H20ClF4N3O2/c1-3-11-8-21(32,22(25,26)27)20(13-4-5-15(23)19(31)18(11)13)30-17-7-12(24)6-16-14(17)9-28-10(2)29-16/h4-7,9,11,20,30-32H,3,8H2,1-2H3/t11-,20+,21-/m1/s1. The van der Waals surface area contributed by atoms with Gasteiger partial charge in [0.05, 0.1) is 16.6 Å². The average Bonchev–Trinajstić information content (AvgIpc) is 2.70. The van der Waals surface area contributed by atoms with Gasteiger partial charge in [-0.05, 0) is 43.4 Å². The lowest BCUT2D eigenvalue weighted by Gasteiger charge is -2.46. The summed E-state index contributed by atoms with van der Waals surface area (Å²) in [7, 11) is 0. The Morgan fingerprint density at radius 2 is 2.00 bits per heavy atom. The summed E-state index contributed by atoms with van der Waals surface area (Å²) in [4.78, 5) is 8.19. The number of aromatic nitrogens is 2. The minimum atomic E-state index is -5.01. The molecule has 0 amide bonds. The van der Waals surface area contributed by atoms with E-state index in [-0.39, 0.29) is 39.5 Å². The molecule has 0 unspecified atom stereocenters. The molecule has 1 aliphatic rings. The Kier molecular flexibility index (Phi) is 5.45. The number of benzene rings is 2. The molecule has 3 N–H and O–H groups in total. The predicted octanol–water partition coefficient (Wildman–Crippen LogP) is 5.78. The lowest BCUT2D eigenvalue weighted by Crippen LogP contribution is -2.55. The molecule has 0 saturated carbocycles. The summed E-state index contributed by atoms with van der Waals surface area (Å²) in [5, 5.41) is 24.5. The molecule has 1 aliphatic carbocycles. The third kappa shape index (κ3) is 3.53. The SMILES string of the molecule is CC[C@@H]1C[C@](O)(C(F)(F)F)[C@@H](Nc2cc(F)cc3nc(C)ncc23)c2ccc(Cl)c(O)c21. The normalized spacial score (nSPS) is 23.2. The van der Waals surface area contributed by atoms with Crippen molar-refractivity contribution in [2.75, 3.05) is 5.32 Å². The molecule has 1 aromatic heterocycles. The van der Waals surface area contributed by atoms with E-state index in [0.29, 0.717) is 11.2 Å². The summed E-state index contributed by atoms with van der Waals surface area (Å²) in [5.41, 5.74) is -2.72. The molecule has 0 fully saturated rings. The van der Waals surface area contributed by atoms with Crippen LogP contribution in [0.25, 0.3) is 10.9 Å². The molecule has 3 atom stereocenters. The fourth-order valence-electron chi connectivity index (χ4n) is 4.42. The summed E-state index contributed by atoms with van der Waals surface area (Å²) in [6.07, 6.45) is -4.10. The first kappa shape index (κ1) is 22.5. The van der Waals surface area contributed by atoms with Crippen LogP contribution in [-0.2, 0) is 0 Å². The van der Waals surface area contributed by atoms with Crippen molar-refractivity contribution in [3.8, 4) is 5.75 Å². The largest absolute Gasteiger partial charge is 0.506 e. The van der Waals surface area contributed by atoms with Crippen LogP contribution < -0.4 is 5.32 Å². The van der Waals surface area contributed by atoms with E-state index in [1.807, 2.05) is 0 Å². The highest BCUT2D eigenvalue weighted by atomic mass is 35.5. The summed E-state index contributed by atoms with van der Waals surface area (Å²) in [6, 6.07) is 3.05. The predicted molar refractivity (Wildman–Crippen MR) is 112 cm³/mol. The fraction of sp³-hybridized carbons (Fsp3) is 0.364. The second-order valence-corrected chi connectivity index (χ2v) is 8.42. The fourth-order valence-corrected chi connectivity index (χ4v) is 4.59. The summed E-state index contributed by atoms with van der Waals surface area (Å²) in [6.45, 7) is 3.27. The molecule has 1 heterocycles. The molecule has 2 aromatic carbocycles. The number of hydrogen-bond donors (Lipinski definition) is 3. The Bertz CT molecular complexity index is 1200. The Hall–Kier alpha value is -2.65. The van der Waals surface area contributed by atoms with Crippen LogP contribution in [0.15, 0.2) is 30.5 Å². The molecule has 5 nitrogen and oxygen atoms in total. The molecule has 0 saturated heterocycles. The second kappa shape index (κ2) is 7.74. The van der Waals surface area contributed by atoms with Gasteiger partial charge in [-0.2, -0.15) is 13.2 Å². The number of fused-ring (bicyclic) bond motifs is 2. The van der Waals surface area contributed by atoms with E-state index < -0.39 is 36.0 Å². The number of aromatic hydroxyl groups is 1. The van der Waals surface area contributed by atoms with Gasteiger partial charge in [0.2, 0.25) is 0 Å². The number of hydrogen-bond acceptors (Lipinski definition) is 5. The molecule has 0 spiro atoms. The summed E-state index contributed by atoms with van der Waals surface area (Å²) >= 11 is 6.03. The number of anilines is 1. The quantitative estimate of drug-likeness (QED) is 0.424. The van der Waals surface area contributed by atoms with E-state index in [4.69, 9.17) is 11.6 Å². The summed E-state index contributed by atoms with van der Waals surface area (Å²) < 4.78 is 57.0. The topological polar surface area (TPSA) is 78.3 Å². The zero-order valence-electron chi connectivity index (χ0n) is 17.1. The van der Waals surface area contributed by atoms with Crippen LogP contribution >= 0.6 is 11.6 Å². The van der Waals surface area contributed by atoms with Crippen molar-refractivity contribution in [2.45, 2.75) is 50.4 Å². The van der Waals surface area contributed by atoms with Crippen molar-refractivity contribution in [2.24, 2.45) is 0 Å². The van der Waals surface area contributed by atoms with Crippen LogP contribution in [0.2, 0.25) is 5.02 Å². The van der Waals surface area contributed by atoms with Gasteiger partial charge in [-0.15, -0.1) is 0 Å². The van der Waals surface area contributed by atoms with Crippen LogP contribution in [0.4, 0.5) is 23.2 Å². The van der Waals surface area contributed by atoms with Crippen LogP contribution in [0.5, 0.6) is 5.75 Å². The van der Waals surface area contributed by atoms with Gasteiger partial charge >= 0.3 is 6.18 Å². The molecular weight excluding hydrogens is 450 g/mol. The maximum absolute atomic E-state index is 14.3. The third-order valence-electron chi connectivity index (χ3n) is 6.03. The molecular formula is C22H20ClF4N3O2. The number of phenolic OH excluding ortho intramolecular Hbond substituents is 1. The van der Waals surface area contributed by atoms with E-state index in [9.17, 15) is 27.8 Å². The second-order valence-electron chi connectivity index (χ2n) is 8.01. The molecule has 0 radical (unpaired) electrons. The van der Waals surface area contributed by atoms with E-state index in [2.05, 4.69) is 15.3 Å². The van der Waals surface area contributed by atoms with Crippen molar-refractivity contribution in [1.29, 1.82) is 0 Å². The Balaban J connectivity index is 1.95. The number of aryl methyl sites for hydroxylation is 1. The monoisotopic (exact) mass is 469 g/mol. The van der Waals surface area contributed by atoms with Gasteiger partial charge < -0.3 is 15.5 Å². The van der Waals surface area contributed by atoms with Crippen molar-refractivity contribution in [1.82, 2.24) is 9.97 Å². The Morgan fingerprint density at radius 1 is 1.28 bits per heavy atom. The number of halogens is 5. The van der Waals surface area contributed by atoms with E-state index >= 15 is 0 Å². The molecule has 4 rings (SSSR count). The van der Waals surface area contributed by atoms with E-state index in [1.54, 1.807) is 13.8 Å². The molecule has 0 aliphatic heterocycles. The first-order valence-corrected chi connectivity index (χ1v) is 10.3. The molecule has 32 heavy (non-hydrogen) atoms. The lowest BCUT2D eigenvalue weighted by atomic mass is 9.69. The Morgan fingerprint density at radius 3 is 2.66 bits per heavy atom. The van der Waals surface area contributed by atoms with Crippen LogP contribution in [0.3, 0.4) is 0 Å². The van der Waals surface area contributed by atoms with Gasteiger partial charge in [-0.1, -0.05) is 24.6 Å². The molecule has 170 valence electrons. The minimum Gasteiger partial charge on any atom is -0.506 e. The number of rotatable bonds is 3. The highest BCUT2D eigenvalue weighted by molar-refractivity contribution is 6.32. The first-order valence-electron chi connectivity index (χ1n) is 9.96. The molecule has 0 bridgehead atoms. The number of alkyl halides is 3. The number of nitrogens with one attached hydrogen (secondary N) is 1. The molecule has 10 heteroatoms. The van der Waals surface area contributed by atoms with E-state index in [1.165, 1.54) is 18.3 Å². The summed E-state index contributed by atoms with van der Waals surface area (Å²) in [5.74, 6) is -1.46. The van der Waals surface area contributed by atoms with E-state index in [0.717, 1.165) is 12.1 Å². The van der Waals surface area contributed by atoms with Gasteiger partial charge in [0.25, 0.3) is 0 Å². The van der Waals surface area contributed by atoms with Gasteiger partial charge in [-0.3, -0.25) is 0 Å². The van der Waals surface area contributed by atoms with Crippen molar-refractivity contribution in [3.63, 3.8) is 0 Å². The number of phenols is 1. The van der Waals surface area contributed by atoms with Crippen LogP contribution in [0.1, 0.15) is 48.7 Å². The maximum atomic E-state index is 14.3. The van der Waals surface area contributed by atoms with Gasteiger partial charge in [0.15, 0.2) is 5.60 Å². The lowest BCUT2D eigenvalue weighted by molar-refractivity contribution is -0.272. The highest BCUT2D eigenvalue weighted by Gasteiger charge is 2.62. The smallest absolute Gasteiger partial charge is 0.419 e. The number of aliphatic hydroxyl groups is 1. The zero-order valence-corrected chi connectivity index (χ0v) is 17.9. The maximum Gasteiger partial charge on any atom is 0.419 e. The first-order chi connectivity index (χ1) is 15.0.